The Bertz CT molecular complexity index is 827. The zero-order valence-corrected chi connectivity index (χ0v) is 14.1. The van der Waals surface area contributed by atoms with E-state index >= 15 is 0 Å². The first-order valence-corrected chi connectivity index (χ1v) is 8.09. The number of fused-ring (bicyclic) bond motifs is 1. The Hall–Kier alpha value is -2.22. The summed E-state index contributed by atoms with van der Waals surface area (Å²) in [4.78, 5) is 47.7. The molecule has 2 aromatic heterocycles. The minimum atomic E-state index is -0.626. The van der Waals surface area contributed by atoms with Gasteiger partial charge in [0.15, 0.2) is 0 Å². The third-order valence-electron chi connectivity index (χ3n) is 3.56. The van der Waals surface area contributed by atoms with Gasteiger partial charge in [-0.3, -0.25) is 14.4 Å². The van der Waals surface area contributed by atoms with E-state index in [1.54, 1.807) is 5.38 Å². The van der Waals surface area contributed by atoms with Crippen molar-refractivity contribution in [1.29, 1.82) is 0 Å². The van der Waals surface area contributed by atoms with E-state index in [2.05, 4.69) is 4.74 Å². The molecular weight excluding hydrogens is 320 g/mol. The van der Waals surface area contributed by atoms with Crippen LogP contribution in [0.15, 0.2) is 10.2 Å². The molecule has 0 N–H and O–H groups in total. The molecule has 0 spiro atoms. The molecule has 0 radical (unpaired) electrons. The smallest absolute Gasteiger partial charge is 0.342 e. The number of ether oxygens (including phenoxy) is 1. The third kappa shape index (κ3) is 3.26. The second kappa shape index (κ2) is 6.91. The number of rotatable bonds is 5. The highest BCUT2D eigenvalue weighted by Crippen LogP contribution is 2.27. The monoisotopic (exact) mass is 338 g/mol. The van der Waals surface area contributed by atoms with Crippen LogP contribution in [-0.2, 0) is 16.0 Å². The molecule has 0 atom stereocenters. The average Bonchev–Trinajstić information content (AvgIpc) is 2.99. The number of carbonyl (C=O) groups is 3. The van der Waals surface area contributed by atoms with E-state index in [1.165, 1.54) is 32.3 Å². The summed E-state index contributed by atoms with van der Waals surface area (Å²) in [5.74, 6) is -1.10. The van der Waals surface area contributed by atoms with Crippen molar-refractivity contribution in [3.8, 4) is 0 Å². The molecule has 0 saturated heterocycles. The Kier molecular flexibility index (Phi) is 5.15. The largest absolute Gasteiger partial charge is 0.469 e. The fourth-order valence-electron chi connectivity index (χ4n) is 2.51. The molecule has 0 aliphatic carbocycles. The van der Waals surface area contributed by atoms with Gasteiger partial charge in [0.05, 0.1) is 18.1 Å². The summed E-state index contributed by atoms with van der Waals surface area (Å²) in [6.45, 7) is 2.59. The van der Waals surface area contributed by atoms with Crippen molar-refractivity contribution in [3.05, 3.63) is 20.7 Å². The van der Waals surface area contributed by atoms with Gasteiger partial charge in [-0.2, -0.15) is 0 Å². The number of imidazole rings is 1. The van der Waals surface area contributed by atoms with E-state index in [-0.39, 0.29) is 5.97 Å². The number of aromatic nitrogens is 2. The molecule has 7 nitrogen and oxygen atoms in total. The van der Waals surface area contributed by atoms with Crippen LogP contribution in [0.2, 0.25) is 0 Å². The molecule has 0 aromatic carbocycles. The molecule has 2 aromatic rings. The Morgan fingerprint density at radius 3 is 2.35 bits per heavy atom. The summed E-state index contributed by atoms with van der Waals surface area (Å²) >= 11 is 1.40. The molecule has 124 valence electrons. The fraction of sp³-hybridized carbons (Fsp3) is 0.467. The van der Waals surface area contributed by atoms with Crippen LogP contribution < -0.4 is 5.69 Å². The molecule has 23 heavy (non-hydrogen) atoms. The molecule has 2 heterocycles. The topological polar surface area (TPSA) is 87.4 Å². The predicted molar refractivity (Wildman–Crippen MR) is 86.2 cm³/mol. The summed E-state index contributed by atoms with van der Waals surface area (Å²) in [6, 6.07) is 0. The highest BCUT2D eigenvalue weighted by molar-refractivity contribution is 7.11. The number of hydrogen-bond donors (Lipinski definition) is 0. The van der Waals surface area contributed by atoms with Crippen molar-refractivity contribution in [2.45, 2.75) is 39.5 Å². The van der Waals surface area contributed by atoms with Crippen LogP contribution in [0.3, 0.4) is 0 Å². The van der Waals surface area contributed by atoms with Crippen molar-refractivity contribution in [3.63, 3.8) is 0 Å². The first-order chi connectivity index (χ1) is 10.9. The maximum absolute atomic E-state index is 12.3. The lowest BCUT2D eigenvalue weighted by molar-refractivity contribution is -0.140. The van der Waals surface area contributed by atoms with E-state index in [1.807, 2.05) is 0 Å². The van der Waals surface area contributed by atoms with Gasteiger partial charge < -0.3 is 4.74 Å². The highest BCUT2D eigenvalue weighted by atomic mass is 32.1. The van der Waals surface area contributed by atoms with E-state index in [9.17, 15) is 19.2 Å². The molecule has 2 rings (SSSR count). The molecule has 0 unspecified atom stereocenters. The van der Waals surface area contributed by atoms with Crippen LogP contribution in [0.4, 0.5) is 0 Å². The van der Waals surface area contributed by atoms with Gasteiger partial charge in [0.2, 0.25) is 11.8 Å². The van der Waals surface area contributed by atoms with Crippen molar-refractivity contribution < 1.29 is 19.1 Å². The summed E-state index contributed by atoms with van der Waals surface area (Å²) in [6.07, 6.45) is 2.34. The minimum Gasteiger partial charge on any atom is -0.469 e. The van der Waals surface area contributed by atoms with E-state index in [0.29, 0.717) is 30.3 Å². The maximum atomic E-state index is 12.3. The lowest BCUT2D eigenvalue weighted by Gasteiger charge is -2.01. The summed E-state index contributed by atoms with van der Waals surface area (Å²) in [7, 11) is 1.35. The molecule has 0 fully saturated rings. The average molecular weight is 338 g/mol. The number of thiophene rings is 1. The number of carbonyl (C=O) groups excluding carboxylic acids is 3. The lowest BCUT2D eigenvalue weighted by Crippen LogP contribution is -2.30. The molecule has 0 aliphatic rings. The highest BCUT2D eigenvalue weighted by Gasteiger charge is 2.22. The van der Waals surface area contributed by atoms with Crippen LogP contribution in [0.5, 0.6) is 0 Å². The number of hydrogen-bond acceptors (Lipinski definition) is 6. The molecule has 8 heteroatoms. The summed E-state index contributed by atoms with van der Waals surface area (Å²) < 4.78 is 6.65. The number of methoxy groups -OCH3 is 1. The normalized spacial score (nSPS) is 10.9. The first-order valence-electron chi connectivity index (χ1n) is 7.21. The second-order valence-corrected chi connectivity index (χ2v) is 6.13. The summed E-state index contributed by atoms with van der Waals surface area (Å²) in [5, 5.41) is 1.72. The van der Waals surface area contributed by atoms with Gasteiger partial charge >= 0.3 is 11.7 Å². The summed E-state index contributed by atoms with van der Waals surface area (Å²) in [5.41, 5.74) is 0.338. The number of nitrogens with zero attached hydrogens (tertiary/aromatic N) is 2. The standard InChI is InChI=1S/C15H18N2O5S/c1-9(18)16-11-8-23-12(6-4-5-7-13(20)22-3)14(11)17(10(2)19)15(16)21/h8H,4-7H2,1-3H3. The Morgan fingerprint density at radius 1 is 1.13 bits per heavy atom. The fourth-order valence-corrected chi connectivity index (χ4v) is 3.55. The van der Waals surface area contributed by atoms with Gasteiger partial charge in [-0.15, -0.1) is 11.3 Å². The van der Waals surface area contributed by atoms with Crippen molar-refractivity contribution in [2.24, 2.45) is 0 Å². The van der Waals surface area contributed by atoms with Gasteiger partial charge in [0.25, 0.3) is 0 Å². The van der Waals surface area contributed by atoms with Crippen LogP contribution in [0.25, 0.3) is 11.0 Å². The number of unbranched alkanes of at least 4 members (excludes halogenated alkanes) is 1. The molecule has 0 amide bonds. The molecule has 0 bridgehead atoms. The van der Waals surface area contributed by atoms with Gasteiger partial charge in [-0.05, 0) is 19.3 Å². The third-order valence-corrected chi connectivity index (χ3v) is 4.58. The minimum absolute atomic E-state index is 0.260. The zero-order valence-electron chi connectivity index (χ0n) is 13.2. The molecular formula is C15H18N2O5S. The van der Waals surface area contributed by atoms with Gasteiger partial charge in [0.1, 0.15) is 0 Å². The first kappa shape index (κ1) is 17.1. The van der Waals surface area contributed by atoms with Gasteiger partial charge in [-0.1, -0.05) is 0 Å². The van der Waals surface area contributed by atoms with E-state index in [0.717, 1.165) is 20.4 Å². The Labute approximate surface area is 136 Å². The number of esters is 1. The van der Waals surface area contributed by atoms with Crippen LogP contribution in [-0.4, -0.2) is 34.0 Å². The Balaban J connectivity index is 2.34. The quantitative estimate of drug-likeness (QED) is 0.615. The van der Waals surface area contributed by atoms with Gasteiger partial charge in [0, 0.05) is 30.5 Å². The lowest BCUT2D eigenvalue weighted by atomic mass is 10.1. The predicted octanol–water partition coefficient (Wildman–Crippen LogP) is 2.07. The van der Waals surface area contributed by atoms with Crippen molar-refractivity contribution >= 4 is 40.2 Å². The second-order valence-electron chi connectivity index (χ2n) is 5.17. The molecule has 0 aliphatic heterocycles. The van der Waals surface area contributed by atoms with Crippen LogP contribution in [0, 0.1) is 0 Å². The molecule has 0 saturated carbocycles. The number of aryl methyl sites for hydroxylation is 1. The zero-order chi connectivity index (χ0) is 17.1. The maximum Gasteiger partial charge on any atom is 0.342 e. The van der Waals surface area contributed by atoms with Crippen LogP contribution >= 0.6 is 11.3 Å². The van der Waals surface area contributed by atoms with Crippen molar-refractivity contribution in [1.82, 2.24) is 9.13 Å². The van der Waals surface area contributed by atoms with Crippen molar-refractivity contribution in [2.75, 3.05) is 7.11 Å². The van der Waals surface area contributed by atoms with E-state index in [4.69, 9.17) is 0 Å². The Morgan fingerprint density at radius 2 is 1.78 bits per heavy atom. The van der Waals surface area contributed by atoms with E-state index < -0.39 is 17.5 Å². The van der Waals surface area contributed by atoms with Crippen LogP contribution in [0.1, 0.15) is 47.6 Å². The SMILES string of the molecule is COC(=O)CCCCc1scc2c1n(C(C)=O)c(=O)n2C(C)=O. The van der Waals surface area contributed by atoms with Gasteiger partial charge in [-0.25, -0.2) is 13.9 Å².